The molecule has 3 aromatic rings. The van der Waals surface area contributed by atoms with E-state index < -0.39 is 0 Å². The normalized spacial score (nSPS) is 11.1. The highest BCUT2D eigenvalue weighted by molar-refractivity contribution is 7.07. The number of rotatable bonds is 5. The fourth-order valence-corrected chi connectivity index (χ4v) is 3.21. The molecule has 0 aliphatic carbocycles. The topological polar surface area (TPSA) is 27.1 Å². The highest BCUT2D eigenvalue weighted by atomic mass is 35.5. The van der Waals surface area contributed by atoms with Crippen molar-refractivity contribution in [2.24, 2.45) is 0 Å². The smallest absolute Gasteiger partial charge is 0.124 e. The summed E-state index contributed by atoms with van der Waals surface area (Å²) in [5, 5.41) is 4.28. The number of fused-ring (bicyclic) bond motifs is 1. The largest absolute Gasteiger partial charge is 0.497 e. The number of methoxy groups -OCH3 is 1. The van der Waals surface area contributed by atoms with E-state index in [9.17, 15) is 0 Å². The summed E-state index contributed by atoms with van der Waals surface area (Å²) in [5.41, 5.74) is 3.39. The summed E-state index contributed by atoms with van der Waals surface area (Å²) >= 11 is 7.75. The van der Waals surface area contributed by atoms with E-state index in [0.29, 0.717) is 5.88 Å². The van der Waals surface area contributed by atoms with Crippen molar-refractivity contribution in [2.75, 3.05) is 7.11 Å². The van der Waals surface area contributed by atoms with Crippen LogP contribution in [0.3, 0.4) is 0 Å². The summed E-state index contributed by atoms with van der Waals surface area (Å²) in [6, 6.07) is 8.08. The first-order valence-corrected chi connectivity index (χ1v) is 7.89. The number of ether oxygens (including phenoxy) is 1. The van der Waals surface area contributed by atoms with Crippen LogP contribution in [0, 0.1) is 0 Å². The summed E-state index contributed by atoms with van der Waals surface area (Å²) in [5.74, 6) is 2.17. The minimum absolute atomic E-state index is 0.417. The van der Waals surface area contributed by atoms with Gasteiger partial charge in [0.05, 0.1) is 24.0 Å². The Hall–Kier alpha value is -1.52. The number of aromatic nitrogens is 2. The number of nitrogens with zero attached hydrogens (tertiary/aromatic N) is 2. The van der Waals surface area contributed by atoms with Crippen molar-refractivity contribution in [2.45, 2.75) is 18.8 Å². The molecule has 0 fully saturated rings. The van der Waals surface area contributed by atoms with Crippen LogP contribution in [0.2, 0.25) is 0 Å². The summed E-state index contributed by atoms with van der Waals surface area (Å²) < 4.78 is 7.48. The monoisotopic (exact) mass is 306 g/mol. The van der Waals surface area contributed by atoms with E-state index in [2.05, 4.69) is 26.4 Å². The number of aryl methyl sites for hydroxylation is 2. The predicted octanol–water partition coefficient (Wildman–Crippen LogP) is 4.09. The van der Waals surface area contributed by atoms with Crippen LogP contribution in [-0.2, 0) is 18.8 Å². The van der Waals surface area contributed by atoms with Gasteiger partial charge in [0, 0.05) is 12.6 Å². The minimum atomic E-state index is 0.417. The molecule has 3 rings (SSSR count). The van der Waals surface area contributed by atoms with Gasteiger partial charge in [-0.05, 0) is 40.9 Å². The number of hydrogen-bond acceptors (Lipinski definition) is 3. The third kappa shape index (κ3) is 2.53. The maximum atomic E-state index is 6.03. The van der Waals surface area contributed by atoms with Gasteiger partial charge in [0.15, 0.2) is 0 Å². The molecule has 20 heavy (non-hydrogen) atoms. The number of halogens is 1. The summed E-state index contributed by atoms with van der Waals surface area (Å²) in [7, 11) is 1.68. The van der Waals surface area contributed by atoms with Crippen molar-refractivity contribution >= 4 is 34.0 Å². The molecule has 0 atom stereocenters. The highest BCUT2D eigenvalue weighted by Crippen LogP contribution is 2.23. The van der Waals surface area contributed by atoms with Crippen LogP contribution >= 0.6 is 22.9 Å². The number of imidazole rings is 1. The number of benzene rings is 1. The van der Waals surface area contributed by atoms with Gasteiger partial charge in [-0.2, -0.15) is 11.3 Å². The standard InChI is InChI=1S/C15H15ClN2OS/c1-19-12-2-3-13-14(8-12)18(15(9-16)17-13)6-4-11-5-7-20-10-11/h2-3,5,7-8,10H,4,6,9H2,1H3. The first kappa shape index (κ1) is 13.5. The van der Waals surface area contributed by atoms with E-state index in [1.807, 2.05) is 18.2 Å². The first-order valence-electron chi connectivity index (χ1n) is 6.42. The van der Waals surface area contributed by atoms with E-state index in [0.717, 1.165) is 35.6 Å². The third-order valence-electron chi connectivity index (χ3n) is 3.36. The molecule has 3 nitrogen and oxygen atoms in total. The fourth-order valence-electron chi connectivity index (χ4n) is 2.31. The summed E-state index contributed by atoms with van der Waals surface area (Å²) in [6.45, 7) is 0.877. The van der Waals surface area contributed by atoms with Crippen LogP contribution in [0.1, 0.15) is 11.4 Å². The van der Waals surface area contributed by atoms with Gasteiger partial charge in [-0.15, -0.1) is 11.6 Å². The second kappa shape index (κ2) is 5.85. The molecule has 0 spiro atoms. The zero-order chi connectivity index (χ0) is 13.9. The zero-order valence-corrected chi connectivity index (χ0v) is 12.7. The van der Waals surface area contributed by atoms with Crippen LogP contribution < -0.4 is 4.74 Å². The van der Waals surface area contributed by atoms with Crippen LogP contribution in [0.4, 0.5) is 0 Å². The van der Waals surface area contributed by atoms with Crippen LogP contribution in [-0.4, -0.2) is 16.7 Å². The molecule has 0 amide bonds. The highest BCUT2D eigenvalue weighted by Gasteiger charge is 2.11. The molecule has 2 aromatic heterocycles. The zero-order valence-electron chi connectivity index (χ0n) is 11.2. The molecular formula is C15H15ClN2OS. The third-order valence-corrected chi connectivity index (χ3v) is 4.33. The molecule has 0 unspecified atom stereocenters. The van der Waals surface area contributed by atoms with Gasteiger partial charge < -0.3 is 9.30 Å². The second-order valence-electron chi connectivity index (χ2n) is 4.55. The molecule has 0 radical (unpaired) electrons. The molecule has 0 saturated carbocycles. The van der Waals surface area contributed by atoms with Crippen molar-refractivity contribution in [3.05, 3.63) is 46.4 Å². The Morgan fingerprint density at radius 3 is 2.95 bits per heavy atom. The van der Waals surface area contributed by atoms with E-state index >= 15 is 0 Å². The number of hydrogen-bond donors (Lipinski definition) is 0. The SMILES string of the molecule is COc1ccc2nc(CCl)n(CCc3ccsc3)c2c1. The Morgan fingerprint density at radius 2 is 2.25 bits per heavy atom. The quantitative estimate of drug-likeness (QED) is 0.664. The van der Waals surface area contributed by atoms with Gasteiger partial charge in [0.25, 0.3) is 0 Å². The minimum Gasteiger partial charge on any atom is -0.497 e. The van der Waals surface area contributed by atoms with Gasteiger partial charge in [0.1, 0.15) is 11.6 Å². The maximum absolute atomic E-state index is 6.03. The van der Waals surface area contributed by atoms with Crippen LogP contribution in [0.15, 0.2) is 35.0 Å². The average molecular weight is 307 g/mol. The summed E-state index contributed by atoms with van der Waals surface area (Å²) in [4.78, 5) is 4.58. The van der Waals surface area contributed by atoms with Gasteiger partial charge in [-0.25, -0.2) is 4.98 Å². The summed E-state index contributed by atoms with van der Waals surface area (Å²) in [6.07, 6.45) is 0.982. The molecule has 1 aromatic carbocycles. The Bertz CT molecular complexity index is 706. The molecule has 0 bridgehead atoms. The Morgan fingerprint density at radius 1 is 1.35 bits per heavy atom. The van der Waals surface area contributed by atoms with Crippen molar-refractivity contribution in [3.63, 3.8) is 0 Å². The Kier molecular flexibility index (Phi) is 3.94. The lowest BCUT2D eigenvalue weighted by Crippen LogP contribution is -2.04. The second-order valence-corrected chi connectivity index (χ2v) is 5.60. The predicted molar refractivity (Wildman–Crippen MR) is 83.9 cm³/mol. The molecule has 0 aliphatic rings. The molecular weight excluding hydrogens is 292 g/mol. The Balaban J connectivity index is 1.97. The molecule has 2 heterocycles. The lowest BCUT2D eigenvalue weighted by atomic mass is 10.2. The van der Waals surface area contributed by atoms with Crippen LogP contribution in [0.25, 0.3) is 11.0 Å². The van der Waals surface area contributed by atoms with E-state index in [4.69, 9.17) is 16.3 Å². The molecule has 5 heteroatoms. The number of alkyl halides is 1. The van der Waals surface area contributed by atoms with Gasteiger partial charge in [-0.1, -0.05) is 0 Å². The maximum Gasteiger partial charge on any atom is 0.124 e. The lowest BCUT2D eigenvalue weighted by Gasteiger charge is -2.07. The number of thiophene rings is 1. The van der Waals surface area contributed by atoms with Crippen molar-refractivity contribution < 1.29 is 4.74 Å². The lowest BCUT2D eigenvalue weighted by molar-refractivity contribution is 0.415. The van der Waals surface area contributed by atoms with Crippen molar-refractivity contribution in [1.29, 1.82) is 0 Å². The average Bonchev–Trinajstić information content (AvgIpc) is 3.11. The molecule has 0 aliphatic heterocycles. The molecule has 0 N–H and O–H groups in total. The van der Waals surface area contributed by atoms with Crippen molar-refractivity contribution in [1.82, 2.24) is 9.55 Å². The van der Waals surface area contributed by atoms with Gasteiger partial charge >= 0.3 is 0 Å². The van der Waals surface area contributed by atoms with Gasteiger partial charge in [-0.3, -0.25) is 0 Å². The molecule has 0 saturated heterocycles. The Labute approximate surface area is 126 Å². The van der Waals surface area contributed by atoms with Crippen LogP contribution in [0.5, 0.6) is 5.75 Å². The molecule has 104 valence electrons. The van der Waals surface area contributed by atoms with Crippen molar-refractivity contribution in [3.8, 4) is 5.75 Å². The van der Waals surface area contributed by atoms with E-state index in [1.165, 1.54) is 5.56 Å². The fraction of sp³-hybridized carbons (Fsp3) is 0.267. The van der Waals surface area contributed by atoms with E-state index in [-0.39, 0.29) is 0 Å². The first-order chi connectivity index (χ1) is 9.81. The van der Waals surface area contributed by atoms with Gasteiger partial charge in [0.2, 0.25) is 0 Å². The van der Waals surface area contributed by atoms with E-state index in [1.54, 1.807) is 18.4 Å².